The Morgan fingerprint density at radius 1 is 1.20 bits per heavy atom. The fraction of sp³-hybridized carbons (Fsp3) is 0.600. The first kappa shape index (κ1) is 16.6. The second kappa shape index (κ2) is 6.79. The van der Waals surface area contributed by atoms with Gasteiger partial charge in [0.25, 0.3) is 0 Å². The van der Waals surface area contributed by atoms with Gasteiger partial charge in [-0.1, -0.05) is 13.0 Å². The Labute approximate surface area is 149 Å². The molecule has 5 heteroatoms. The monoisotopic (exact) mass is 340 g/mol. The molecular weight excluding hydrogens is 312 g/mol. The molecule has 2 aromatic rings. The average molecular weight is 340 g/mol. The molecule has 2 aromatic heterocycles. The molecule has 2 atom stereocenters. The molecule has 0 N–H and O–H groups in total. The van der Waals surface area contributed by atoms with Crippen molar-refractivity contribution in [2.75, 3.05) is 13.1 Å². The number of carbonyl (C=O) groups excluding carboxylic acids is 1. The summed E-state index contributed by atoms with van der Waals surface area (Å²) in [4.78, 5) is 21.8. The maximum atomic E-state index is 12.3. The van der Waals surface area contributed by atoms with Crippen molar-refractivity contribution in [2.45, 2.75) is 64.6 Å². The molecule has 0 saturated carbocycles. The topological polar surface area (TPSA) is 40.9 Å². The van der Waals surface area contributed by atoms with E-state index in [1.807, 2.05) is 6.92 Å². The normalized spacial score (nSPS) is 24.5. The summed E-state index contributed by atoms with van der Waals surface area (Å²) in [5, 5.41) is 0. The van der Waals surface area contributed by atoms with Crippen LogP contribution in [0.3, 0.4) is 0 Å². The lowest BCUT2D eigenvalue weighted by atomic mass is 10.0. The van der Waals surface area contributed by atoms with Crippen molar-refractivity contribution < 1.29 is 4.79 Å². The number of carbonyl (C=O) groups is 1. The highest BCUT2D eigenvalue weighted by atomic mass is 16.2. The third kappa shape index (κ3) is 3.06. The van der Waals surface area contributed by atoms with Crippen LogP contribution in [0.2, 0.25) is 0 Å². The number of aromatic nitrogens is 2. The summed E-state index contributed by atoms with van der Waals surface area (Å²) in [5.41, 5.74) is 3.37. The Morgan fingerprint density at radius 3 is 2.80 bits per heavy atom. The van der Waals surface area contributed by atoms with Gasteiger partial charge in [0.1, 0.15) is 5.65 Å². The average Bonchev–Trinajstić information content (AvgIpc) is 3.33. The first-order valence-corrected chi connectivity index (χ1v) is 9.64. The molecule has 0 spiro atoms. The highest BCUT2D eigenvalue weighted by Crippen LogP contribution is 2.31. The number of imidazole rings is 1. The molecular formula is C20H28N4O. The van der Waals surface area contributed by atoms with Crippen LogP contribution in [-0.2, 0) is 11.3 Å². The molecule has 2 fully saturated rings. The number of fused-ring (bicyclic) bond motifs is 1. The predicted molar refractivity (Wildman–Crippen MR) is 98.4 cm³/mol. The van der Waals surface area contributed by atoms with Gasteiger partial charge in [0.2, 0.25) is 5.91 Å². The van der Waals surface area contributed by atoms with Crippen LogP contribution >= 0.6 is 0 Å². The van der Waals surface area contributed by atoms with Crippen molar-refractivity contribution in [1.29, 1.82) is 0 Å². The maximum Gasteiger partial charge on any atom is 0.222 e. The van der Waals surface area contributed by atoms with Gasteiger partial charge in [0, 0.05) is 43.5 Å². The maximum absolute atomic E-state index is 12.3. The van der Waals surface area contributed by atoms with Crippen molar-refractivity contribution in [3.05, 3.63) is 35.8 Å². The second-order valence-corrected chi connectivity index (χ2v) is 7.46. The Balaban J connectivity index is 1.53. The molecule has 4 rings (SSSR count). The van der Waals surface area contributed by atoms with E-state index in [0.29, 0.717) is 24.4 Å². The summed E-state index contributed by atoms with van der Waals surface area (Å²) in [7, 11) is 0. The van der Waals surface area contributed by atoms with Crippen LogP contribution in [0.5, 0.6) is 0 Å². The zero-order valence-corrected chi connectivity index (χ0v) is 15.3. The van der Waals surface area contributed by atoms with Crippen molar-refractivity contribution in [3.63, 3.8) is 0 Å². The number of amides is 1. The quantitative estimate of drug-likeness (QED) is 0.859. The smallest absolute Gasteiger partial charge is 0.222 e. The lowest BCUT2D eigenvalue weighted by Gasteiger charge is -2.34. The van der Waals surface area contributed by atoms with E-state index in [-0.39, 0.29) is 0 Å². The zero-order chi connectivity index (χ0) is 17.4. The number of likely N-dealkylation sites (tertiary alicyclic amines) is 2. The largest absolute Gasteiger partial charge is 0.338 e. The van der Waals surface area contributed by atoms with E-state index >= 15 is 0 Å². The SMILES string of the molecule is CCC(=O)N1CCC[C@H]1[C@@H]1CCCN1Cc1cn2c(C)cccc2n1. The van der Waals surface area contributed by atoms with Crippen molar-refractivity contribution in [2.24, 2.45) is 0 Å². The molecule has 0 aliphatic carbocycles. The van der Waals surface area contributed by atoms with Gasteiger partial charge in [-0.25, -0.2) is 4.98 Å². The molecule has 134 valence electrons. The van der Waals surface area contributed by atoms with Gasteiger partial charge < -0.3 is 9.30 Å². The van der Waals surface area contributed by atoms with E-state index in [0.717, 1.165) is 43.8 Å². The first-order valence-electron chi connectivity index (χ1n) is 9.64. The van der Waals surface area contributed by atoms with Gasteiger partial charge in [-0.05, 0) is 51.3 Å². The van der Waals surface area contributed by atoms with Crippen LogP contribution in [0.1, 0.15) is 50.4 Å². The van der Waals surface area contributed by atoms with Gasteiger partial charge in [-0.2, -0.15) is 0 Å². The van der Waals surface area contributed by atoms with Crippen molar-refractivity contribution in [3.8, 4) is 0 Å². The van der Waals surface area contributed by atoms with Gasteiger partial charge >= 0.3 is 0 Å². The van der Waals surface area contributed by atoms with Crippen LogP contribution in [0.15, 0.2) is 24.4 Å². The van der Waals surface area contributed by atoms with E-state index in [1.165, 1.54) is 18.5 Å². The Kier molecular flexibility index (Phi) is 4.50. The molecule has 2 aliphatic rings. The number of hydrogen-bond acceptors (Lipinski definition) is 3. The van der Waals surface area contributed by atoms with Crippen LogP contribution in [-0.4, -0.2) is 50.3 Å². The minimum Gasteiger partial charge on any atom is -0.338 e. The van der Waals surface area contributed by atoms with Crippen molar-refractivity contribution >= 4 is 11.6 Å². The highest BCUT2D eigenvalue weighted by Gasteiger charge is 2.39. The van der Waals surface area contributed by atoms with E-state index < -0.39 is 0 Å². The molecule has 5 nitrogen and oxygen atoms in total. The molecule has 2 saturated heterocycles. The standard InChI is InChI=1S/C20H28N4O/c1-3-20(25)23-12-6-9-18(23)17-8-5-11-22(17)13-16-14-24-15(2)7-4-10-19(24)21-16/h4,7,10,14,17-18H,3,5-6,8-9,11-13H2,1-2H3/t17-,18-/m0/s1. The van der Waals surface area contributed by atoms with Crippen LogP contribution in [0, 0.1) is 6.92 Å². The predicted octanol–water partition coefficient (Wildman–Crippen LogP) is 3.01. The minimum atomic E-state index is 0.317. The molecule has 25 heavy (non-hydrogen) atoms. The summed E-state index contributed by atoms with van der Waals surface area (Å²) < 4.78 is 2.17. The molecule has 0 aromatic carbocycles. The van der Waals surface area contributed by atoms with Gasteiger partial charge in [0.15, 0.2) is 0 Å². The number of aryl methyl sites for hydroxylation is 1. The number of rotatable bonds is 4. The second-order valence-electron chi connectivity index (χ2n) is 7.46. The minimum absolute atomic E-state index is 0.317. The summed E-state index contributed by atoms with van der Waals surface area (Å²) in [6.45, 7) is 7.03. The Bertz CT molecular complexity index is 768. The summed E-state index contributed by atoms with van der Waals surface area (Å²) >= 11 is 0. The van der Waals surface area contributed by atoms with E-state index in [1.54, 1.807) is 0 Å². The molecule has 4 heterocycles. The Morgan fingerprint density at radius 2 is 2.00 bits per heavy atom. The lowest BCUT2D eigenvalue weighted by molar-refractivity contribution is -0.132. The molecule has 0 radical (unpaired) electrons. The number of pyridine rings is 1. The number of hydrogen-bond donors (Lipinski definition) is 0. The van der Waals surface area contributed by atoms with Crippen LogP contribution < -0.4 is 0 Å². The fourth-order valence-electron chi connectivity index (χ4n) is 4.67. The third-order valence-corrected chi connectivity index (χ3v) is 5.89. The molecule has 1 amide bonds. The number of nitrogens with zero attached hydrogens (tertiary/aromatic N) is 4. The van der Waals surface area contributed by atoms with Crippen LogP contribution in [0.4, 0.5) is 0 Å². The molecule has 2 aliphatic heterocycles. The fourth-order valence-corrected chi connectivity index (χ4v) is 4.67. The third-order valence-electron chi connectivity index (χ3n) is 5.89. The van der Waals surface area contributed by atoms with Gasteiger partial charge in [0.05, 0.1) is 5.69 Å². The summed E-state index contributed by atoms with van der Waals surface area (Å²) in [5.74, 6) is 0.317. The van der Waals surface area contributed by atoms with Crippen LogP contribution in [0.25, 0.3) is 5.65 Å². The molecule has 0 bridgehead atoms. The highest BCUT2D eigenvalue weighted by molar-refractivity contribution is 5.76. The Hall–Kier alpha value is -1.88. The lowest BCUT2D eigenvalue weighted by Crippen LogP contribution is -2.47. The van der Waals surface area contributed by atoms with Crippen molar-refractivity contribution in [1.82, 2.24) is 19.2 Å². The van der Waals surface area contributed by atoms with E-state index in [4.69, 9.17) is 4.98 Å². The van der Waals surface area contributed by atoms with Gasteiger partial charge in [-0.3, -0.25) is 9.69 Å². The summed E-state index contributed by atoms with van der Waals surface area (Å²) in [6, 6.07) is 7.13. The summed E-state index contributed by atoms with van der Waals surface area (Å²) in [6.07, 6.45) is 7.51. The first-order chi connectivity index (χ1) is 12.2. The van der Waals surface area contributed by atoms with E-state index in [2.05, 4.69) is 45.5 Å². The zero-order valence-electron chi connectivity index (χ0n) is 15.3. The van der Waals surface area contributed by atoms with E-state index in [9.17, 15) is 4.79 Å². The van der Waals surface area contributed by atoms with Gasteiger partial charge in [-0.15, -0.1) is 0 Å². The molecule has 0 unspecified atom stereocenters.